The molecule has 124 valence electrons. The van der Waals surface area contributed by atoms with E-state index in [1.54, 1.807) is 36.4 Å². The Labute approximate surface area is 142 Å². The molecule has 1 saturated heterocycles. The summed E-state index contributed by atoms with van der Waals surface area (Å²) in [7, 11) is 2.10. The molecular formula is C20H22N2O2. The molecule has 1 aliphatic rings. The minimum Gasteiger partial charge on any atom is -0.304 e. The van der Waals surface area contributed by atoms with Gasteiger partial charge in [0.2, 0.25) is 0 Å². The molecule has 1 heterocycles. The highest BCUT2D eigenvalue weighted by molar-refractivity contribution is 6.10. The number of piperazine rings is 1. The fourth-order valence-corrected chi connectivity index (χ4v) is 2.89. The van der Waals surface area contributed by atoms with Crippen molar-refractivity contribution >= 4 is 11.6 Å². The molecule has 4 nitrogen and oxygen atoms in total. The summed E-state index contributed by atoms with van der Waals surface area (Å²) in [5.41, 5.74) is 1.81. The van der Waals surface area contributed by atoms with E-state index in [1.165, 1.54) is 0 Å². The molecule has 0 atom stereocenters. The van der Waals surface area contributed by atoms with Crippen molar-refractivity contribution in [3.63, 3.8) is 0 Å². The fraction of sp³-hybridized carbons (Fsp3) is 0.300. The summed E-state index contributed by atoms with van der Waals surface area (Å²) in [4.78, 5) is 29.5. The molecular weight excluding hydrogens is 300 g/mol. The van der Waals surface area contributed by atoms with Gasteiger partial charge in [-0.25, -0.2) is 0 Å². The number of likely N-dealkylation sites (N-methyl/N-ethyl adjacent to an activating group) is 1. The highest BCUT2D eigenvalue weighted by Crippen LogP contribution is 2.13. The van der Waals surface area contributed by atoms with Gasteiger partial charge < -0.3 is 4.90 Å². The summed E-state index contributed by atoms with van der Waals surface area (Å²) in [5.74, 6) is 0.0205. The lowest BCUT2D eigenvalue weighted by Gasteiger charge is -2.31. The summed E-state index contributed by atoms with van der Waals surface area (Å²) in [6, 6.07) is 16.2. The molecule has 0 amide bonds. The Morgan fingerprint density at radius 1 is 0.833 bits per heavy atom. The van der Waals surface area contributed by atoms with E-state index in [-0.39, 0.29) is 11.6 Å². The van der Waals surface area contributed by atoms with Crippen LogP contribution in [0.3, 0.4) is 0 Å². The van der Waals surface area contributed by atoms with Crippen LogP contribution >= 0.6 is 0 Å². The van der Waals surface area contributed by atoms with E-state index in [4.69, 9.17) is 0 Å². The summed E-state index contributed by atoms with van der Waals surface area (Å²) in [6.45, 7) is 4.20. The van der Waals surface area contributed by atoms with Gasteiger partial charge in [0, 0.05) is 42.9 Å². The minimum atomic E-state index is -0.0511. The zero-order valence-electron chi connectivity index (χ0n) is 13.9. The van der Waals surface area contributed by atoms with Crippen molar-refractivity contribution in [2.45, 2.75) is 0 Å². The molecule has 0 saturated carbocycles. The van der Waals surface area contributed by atoms with Crippen LogP contribution < -0.4 is 0 Å². The Bertz CT molecular complexity index is 719. The second kappa shape index (κ2) is 7.51. The SMILES string of the molecule is CN1CCN(CC(=O)c2cccc(C(=O)c3ccccc3)c2)CC1. The average Bonchev–Trinajstić information content (AvgIpc) is 2.64. The standard InChI is InChI=1S/C20H22N2O2/c1-21-10-12-22(13-11-21)15-19(23)17-8-5-9-18(14-17)20(24)16-6-3-2-4-7-16/h2-9,14H,10-13,15H2,1H3. The molecule has 0 bridgehead atoms. The van der Waals surface area contributed by atoms with E-state index in [0.717, 1.165) is 26.2 Å². The largest absolute Gasteiger partial charge is 0.304 e. The van der Waals surface area contributed by atoms with Gasteiger partial charge in [-0.2, -0.15) is 0 Å². The van der Waals surface area contributed by atoms with Gasteiger partial charge in [-0.15, -0.1) is 0 Å². The minimum absolute atomic E-state index is 0.0511. The number of ketones is 2. The third-order valence-corrected chi connectivity index (χ3v) is 4.45. The molecule has 1 aliphatic heterocycles. The van der Waals surface area contributed by atoms with Gasteiger partial charge in [-0.3, -0.25) is 14.5 Å². The highest BCUT2D eigenvalue weighted by Gasteiger charge is 2.18. The van der Waals surface area contributed by atoms with Crippen LogP contribution in [0.2, 0.25) is 0 Å². The number of rotatable bonds is 5. The number of nitrogens with zero attached hydrogens (tertiary/aromatic N) is 2. The van der Waals surface area contributed by atoms with Crippen LogP contribution in [0.15, 0.2) is 54.6 Å². The third kappa shape index (κ3) is 3.96. The zero-order valence-corrected chi connectivity index (χ0v) is 13.9. The molecule has 0 N–H and O–H groups in total. The quantitative estimate of drug-likeness (QED) is 0.792. The molecule has 1 fully saturated rings. The lowest BCUT2D eigenvalue weighted by Crippen LogP contribution is -2.46. The monoisotopic (exact) mass is 322 g/mol. The average molecular weight is 322 g/mol. The summed E-state index contributed by atoms with van der Waals surface area (Å²) >= 11 is 0. The Hall–Kier alpha value is -2.30. The molecule has 0 aromatic heterocycles. The van der Waals surface area contributed by atoms with Crippen LogP contribution in [-0.2, 0) is 0 Å². The molecule has 0 aliphatic carbocycles. The lowest BCUT2D eigenvalue weighted by molar-refractivity contribution is 0.0876. The Balaban J connectivity index is 1.71. The molecule has 0 unspecified atom stereocenters. The lowest BCUT2D eigenvalue weighted by atomic mass is 10.00. The van der Waals surface area contributed by atoms with Crippen molar-refractivity contribution in [1.29, 1.82) is 0 Å². The smallest absolute Gasteiger partial charge is 0.193 e. The van der Waals surface area contributed by atoms with Crippen LogP contribution in [0.25, 0.3) is 0 Å². The van der Waals surface area contributed by atoms with Gasteiger partial charge in [0.25, 0.3) is 0 Å². The van der Waals surface area contributed by atoms with Crippen molar-refractivity contribution < 1.29 is 9.59 Å². The maximum atomic E-state index is 12.5. The van der Waals surface area contributed by atoms with Crippen LogP contribution in [-0.4, -0.2) is 61.1 Å². The van der Waals surface area contributed by atoms with Crippen LogP contribution in [0.5, 0.6) is 0 Å². The van der Waals surface area contributed by atoms with E-state index in [2.05, 4.69) is 16.8 Å². The van der Waals surface area contributed by atoms with Gasteiger partial charge in [0.15, 0.2) is 11.6 Å². The van der Waals surface area contributed by atoms with Crippen LogP contribution in [0, 0.1) is 0 Å². The number of Topliss-reactive ketones (excluding diaryl/α,β-unsaturated/α-hetero) is 1. The van der Waals surface area contributed by atoms with E-state index in [1.807, 2.05) is 18.2 Å². The van der Waals surface area contributed by atoms with Crippen LogP contribution in [0.4, 0.5) is 0 Å². The topological polar surface area (TPSA) is 40.6 Å². The predicted molar refractivity (Wildman–Crippen MR) is 94.6 cm³/mol. The third-order valence-electron chi connectivity index (χ3n) is 4.45. The summed E-state index contributed by atoms with van der Waals surface area (Å²) in [6.07, 6.45) is 0. The first-order valence-corrected chi connectivity index (χ1v) is 8.27. The number of carbonyl (C=O) groups excluding carboxylic acids is 2. The second-order valence-electron chi connectivity index (χ2n) is 6.28. The number of hydrogen-bond acceptors (Lipinski definition) is 4. The molecule has 0 spiro atoms. The Kier molecular flexibility index (Phi) is 5.18. The Morgan fingerprint density at radius 3 is 2.17 bits per heavy atom. The molecule has 3 rings (SSSR count). The maximum absolute atomic E-state index is 12.5. The normalized spacial score (nSPS) is 16.0. The number of benzene rings is 2. The Morgan fingerprint density at radius 2 is 1.46 bits per heavy atom. The molecule has 4 heteroatoms. The van der Waals surface area contributed by atoms with Crippen molar-refractivity contribution in [1.82, 2.24) is 9.80 Å². The maximum Gasteiger partial charge on any atom is 0.193 e. The van der Waals surface area contributed by atoms with Gasteiger partial charge in [-0.1, -0.05) is 48.5 Å². The van der Waals surface area contributed by atoms with Gasteiger partial charge in [-0.05, 0) is 13.1 Å². The first-order valence-electron chi connectivity index (χ1n) is 8.27. The fourth-order valence-electron chi connectivity index (χ4n) is 2.89. The summed E-state index contributed by atoms with van der Waals surface area (Å²) in [5, 5.41) is 0. The predicted octanol–water partition coefficient (Wildman–Crippen LogP) is 2.35. The first-order chi connectivity index (χ1) is 11.6. The number of carbonyl (C=O) groups is 2. The molecule has 2 aromatic rings. The molecule has 24 heavy (non-hydrogen) atoms. The zero-order chi connectivity index (χ0) is 16.9. The van der Waals surface area contributed by atoms with Gasteiger partial charge in [0.05, 0.1) is 6.54 Å². The van der Waals surface area contributed by atoms with Gasteiger partial charge in [0.1, 0.15) is 0 Å². The van der Waals surface area contributed by atoms with E-state index >= 15 is 0 Å². The van der Waals surface area contributed by atoms with Crippen LogP contribution in [0.1, 0.15) is 26.3 Å². The van der Waals surface area contributed by atoms with E-state index < -0.39 is 0 Å². The van der Waals surface area contributed by atoms with Gasteiger partial charge >= 0.3 is 0 Å². The van der Waals surface area contributed by atoms with E-state index in [9.17, 15) is 9.59 Å². The molecule has 0 radical (unpaired) electrons. The van der Waals surface area contributed by atoms with Crippen molar-refractivity contribution in [2.75, 3.05) is 39.8 Å². The highest BCUT2D eigenvalue weighted by atomic mass is 16.1. The number of hydrogen-bond donors (Lipinski definition) is 0. The summed E-state index contributed by atoms with van der Waals surface area (Å²) < 4.78 is 0. The second-order valence-corrected chi connectivity index (χ2v) is 6.28. The van der Waals surface area contributed by atoms with Crippen molar-refractivity contribution in [3.8, 4) is 0 Å². The van der Waals surface area contributed by atoms with Crippen molar-refractivity contribution in [2.24, 2.45) is 0 Å². The van der Waals surface area contributed by atoms with E-state index in [0.29, 0.717) is 23.2 Å². The molecule has 2 aromatic carbocycles. The van der Waals surface area contributed by atoms with Crippen molar-refractivity contribution in [3.05, 3.63) is 71.3 Å². The first kappa shape index (κ1) is 16.6.